The van der Waals surface area contributed by atoms with Crippen LogP contribution in [0.1, 0.15) is 11.8 Å². The van der Waals surface area contributed by atoms with Gasteiger partial charge in [0.25, 0.3) is 0 Å². The van der Waals surface area contributed by atoms with Crippen molar-refractivity contribution in [3.8, 4) is 0 Å². The number of anilines is 1. The number of carbonyl (C=O) groups is 1. The summed E-state index contributed by atoms with van der Waals surface area (Å²) in [6.45, 7) is 0. The van der Waals surface area contributed by atoms with Crippen LogP contribution in [0.4, 0.5) is 5.69 Å². The minimum atomic E-state index is -1.14. The molecule has 0 aliphatic heterocycles. The molecule has 1 rings (SSSR count). The average Bonchev–Trinajstić information content (AvgIpc) is 1.96. The van der Waals surface area contributed by atoms with Gasteiger partial charge in [0.15, 0.2) is 0 Å². The van der Waals surface area contributed by atoms with E-state index in [0.29, 0.717) is 0 Å². The van der Waals surface area contributed by atoms with Gasteiger partial charge in [0.1, 0.15) is 0 Å². The summed E-state index contributed by atoms with van der Waals surface area (Å²) in [6, 6.07) is 2.65. The van der Waals surface area contributed by atoms with Crippen LogP contribution in [0.2, 0.25) is 10.0 Å². The molecule has 0 radical (unpaired) electrons. The number of nitrogens with two attached hydrogens (primary N) is 1. The first kappa shape index (κ1) is 13.1. The van der Waals surface area contributed by atoms with Gasteiger partial charge in [-0.25, -0.2) is 4.79 Å². The van der Waals surface area contributed by atoms with E-state index in [1.54, 1.807) is 0 Å². The maximum atomic E-state index is 10.5. The summed E-state index contributed by atoms with van der Waals surface area (Å²) in [5.74, 6) is -1.14. The summed E-state index contributed by atoms with van der Waals surface area (Å²) in [5.41, 5.74) is 5.34. The number of aromatic carboxylic acids is 1. The van der Waals surface area contributed by atoms with Crippen LogP contribution in [0.3, 0.4) is 0 Å². The molecule has 0 bridgehead atoms. The van der Waals surface area contributed by atoms with Gasteiger partial charge in [-0.2, -0.15) is 0 Å². The predicted molar refractivity (Wildman–Crippen MR) is 48.9 cm³/mol. The maximum Gasteiger partial charge on any atom is 1.00 e. The zero-order valence-corrected chi connectivity index (χ0v) is 10.4. The van der Waals surface area contributed by atoms with Gasteiger partial charge >= 0.3 is 35.5 Å². The maximum absolute atomic E-state index is 10.5. The molecule has 6 heteroatoms. The second kappa shape index (κ2) is 5.08. The van der Waals surface area contributed by atoms with Gasteiger partial charge in [0.2, 0.25) is 0 Å². The number of hydrogen-bond acceptors (Lipinski definition) is 2. The standard InChI is InChI=1S/C7H5Cl2NO2.Na.H/c8-3-1-4(7(11)12)6(10)5(9)2-3;;/h1-2H,10H2,(H,11,12);;/q;+1;-1. The summed E-state index contributed by atoms with van der Waals surface area (Å²) in [6.07, 6.45) is 0. The van der Waals surface area contributed by atoms with E-state index in [1.165, 1.54) is 12.1 Å². The Labute approximate surface area is 109 Å². The molecule has 0 heterocycles. The van der Waals surface area contributed by atoms with Gasteiger partial charge in [0, 0.05) is 5.02 Å². The van der Waals surface area contributed by atoms with Gasteiger partial charge in [-0.05, 0) is 12.1 Å². The summed E-state index contributed by atoms with van der Waals surface area (Å²) < 4.78 is 0. The fourth-order valence-corrected chi connectivity index (χ4v) is 1.26. The Hall–Kier alpha value is 0.0700. The molecule has 0 unspecified atom stereocenters. The van der Waals surface area contributed by atoms with Gasteiger partial charge in [-0.15, -0.1) is 0 Å². The van der Waals surface area contributed by atoms with Gasteiger partial charge in [-0.1, -0.05) is 23.2 Å². The van der Waals surface area contributed by atoms with Crippen molar-refractivity contribution in [3.05, 3.63) is 27.7 Å². The third-order valence-corrected chi connectivity index (χ3v) is 1.86. The van der Waals surface area contributed by atoms with Crippen molar-refractivity contribution in [2.45, 2.75) is 0 Å². The molecule has 66 valence electrons. The Bertz CT molecular complexity index is 349. The van der Waals surface area contributed by atoms with Crippen molar-refractivity contribution in [2.75, 3.05) is 5.73 Å². The van der Waals surface area contributed by atoms with Crippen molar-refractivity contribution in [3.63, 3.8) is 0 Å². The van der Waals surface area contributed by atoms with E-state index < -0.39 is 5.97 Å². The smallest absolute Gasteiger partial charge is 1.00 e. The van der Waals surface area contributed by atoms with Crippen molar-refractivity contribution in [1.29, 1.82) is 0 Å². The van der Waals surface area contributed by atoms with Crippen LogP contribution < -0.4 is 35.3 Å². The largest absolute Gasteiger partial charge is 1.00 e. The molecule has 0 atom stereocenters. The van der Waals surface area contributed by atoms with Gasteiger partial charge in [-0.3, -0.25) is 0 Å². The van der Waals surface area contributed by atoms with E-state index in [1.807, 2.05) is 0 Å². The molecule has 1 aromatic carbocycles. The van der Waals surface area contributed by atoms with Gasteiger partial charge in [0.05, 0.1) is 16.3 Å². The number of benzene rings is 1. The Kier molecular flexibility index (Phi) is 5.10. The minimum Gasteiger partial charge on any atom is -1.00 e. The summed E-state index contributed by atoms with van der Waals surface area (Å²) >= 11 is 11.2. The van der Waals surface area contributed by atoms with Crippen LogP contribution in [-0.4, -0.2) is 11.1 Å². The SMILES string of the molecule is Nc1c(Cl)cc(Cl)cc1C(=O)O.[H-].[Na+]. The van der Waals surface area contributed by atoms with Crippen LogP contribution >= 0.6 is 23.2 Å². The zero-order chi connectivity index (χ0) is 9.30. The molecule has 0 saturated heterocycles. The molecule has 0 amide bonds. The summed E-state index contributed by atoms with van der Waals surface area (Å²) in [5, 5.41) is 9.03. The van der Waals surface area contributed by atoms with Crippen LogP contribution in [0.5, 0.6) is 0 Å². The monoisotopic (exact) mass is 229 g/mol. The van der Waals surface area contributed by atoms with Crippen molar-refractivity contribution in [1.82, 2.24) is 0 Å². The molecule has 0 aliphatic carbocycles. The summed E-state index contributed by atoms with van der Waals surface area (Å²) in [7, 11) is 0. The Morgan fingerprint density at radius 1 is 1.46 bits per heavy atom. The summed E-state index contributed by atoms with van der Waals surface area (Å²) in [4.78, 5) is 10.5. The van der Waals surface area contributed by atoms with Crippen molar-refractivity contribution >= 4 is 34.9 Å². The topological polar surface area (TPSA) is 63.3 Å². The first-order valence-corrected chi connectivity index (χ1v) is 3.76. The molecule has 1 aromatic rings. The van der Waals surface area contributed by atoms with E-state index in [-0.39, 0.29) is 52.3 Å². The van der Waals surface area contributed by atoms with Crippen molar-refractivity contribution < 1.29 is 40.9 Å². The Morgan fingerprint density at radius 2 is 2.00 bits per heavy atom. The number of carboxylic acid groups (broad SMARTS) is 1. The van der Waals surface area contributed by atoms with E-state index in [9.17, 15) is 4.79 Å². The van der Waals surface area contributed by atoms with Crippen LogP contribution in [-0.2, 0) is 0 Å². The molecule has 0 saturated carbocycles. The molecule has 0 aromatic heterocycles. The van der Waals surface area contributed by atoms with E-state index in [4.69, 9.17) is 34.0 Å². The first-order chi connectivity index (χ1) is 5.52. The molecule has 0 spiro atoms. The molecule has 13 heavy (non-hydrogen) atoms. The van der Waals surface area contributed by atoms with Crippen LogP contribution in [0, 0.1) is 0 Å². The normalized spacial score (nSPS) is 9.08. The predicted octanol–water partition coefficient (Wildman–Crippen LogP) is -0.610. The zero-order valence-electron chi connectivity index (χ0n) is 7.84. The molecular formula is C7H6Cl2NNaO2. The number of halogens is 2. The molecule has 0 aliphatic rings. The number of carboxylic acids is 1. The number of hydrogen-bond donors (Lipinski definition) is 2. The first-order valence-electron chi connectivity index (χ1n) is 3.00. The van der Waals surface area contributed by atoms with Crippen LogP contribution in [0.15, 0.2) is 12.1 Å². The molecule has 3 N–H and O–H groups in total. The third-order valence-electron chi connectivity index (χ3n) is 1.32. The molecular weight excluding hydrogens is 224 g/mol. The molecule has 0 fully saturated rings. The van der Waals surface area contributed by atoms with E-state index >= 15 is 0 Å². The molecule has 3 nitrogen and oxygen atoms in total. The number of rotatable bonds is 1. The fourth-order valence-electron chi connectivity index (χ4n) is 0.762. The second-order valence-corrected chi connectivity index (χ2v) is 3.00. The van der Waals surface area contributed by atoms with Crippen LogP contribution in [0.25, 0.3) is 0 Å². The quantitative estimate of drug-likeness (QED) is 0.499. The van der Waals surface area contributed by atoms with E-state index in [0.717, 1.165) is 0 Å². The van der Waals surface area contributed by atoms with Crippen molar-refractivity contribution in [2.24, 2.45) is 0 Å². The fraction of sp³-hybridized carbons (Fsp3) is 0. The Balaban J connectivity index is 0. The average molecular weight is 230 g/mol. The Morgan fingerprint density at radius 3 is 2.46 bits per heavy atom. The third kappa shape index (κ3) is 3.04. The van der Waals surface area contributed by atoms with E-state index in [2.05, 4.69) is 0 Å². The minimum absolute atomic E-state index is 0. The number of nitrogen functional groups attached to an aromatic ring is 1. The van der Waals surface area contributed by atoms with Gasteiger partial charge < -0.3 is 12.3 Å². The second-order valence-electron chi connectivity index (χ2n) is 2.15.